The quantitative estimate of drug-likeness (QED) is 0.400. The van der Waals surface area contributed by atoms with E-state index < -0.39 is 0 Å². The molecule has 3 rings (SSSR count). The Morgan fingerprint density at radius 1 is 1.09 bits per heavy atom. The van der Waals surface area contributed by atoms with Crippen LogP contribution >= 0.6 is 0 Å². The van der Waals surface area contributed by atoms with Crippen LogP contribution in [0, 0.1) is 17.3 Å². The predicted octanol–water partition coefficient (Wildman–Crippen LogP) is 5.88. The highest BCUT2D eigenvalue weighted by atomic mass is 16.5. The van der Waals surface area contributed by atoms with Crippen molar-refractivity contribution >= 4 is 0 Å². The van der Waals surface area contributed by atoms with E-state index in [0.29, 0.717) is 6.61 Å². The van der Waals surface area contributed by atoms with Crippen molar-refractivity contribution in [3.05, 3.63) is 90.5 Å². The Kier molecular flexibility index (Phi) is 8.30. The number of ether oxygens (including phenoxy) is 1. The summed E-state index contributed by atoms with van der Waals surface area (Å²) in [7, 11) is 0. The number of hydrogen-bond donors (Lipinski definition) is 0. The van der Waals surface area contributed by atoms with Crippen molar-refractivity contribution in [1.29, 1.82) is 0 Å². The summed E-state index contributed by atoms with van der Waals surface area (Å²) in [6.45, 7) is 11.8. The molecule has 0 bridgehead atoms. The van der Waals surface area contributed by atoms with Gasteiger partial charge in [0, 0.05) is 36.6 Å². The molecule has 0 fully saturated rings. The fourth-order valence-electron chi connectivity index (χ4n) is 3.20. The van der Waals surface area contributed by atoms with Crippen molar-refractivity contribution in [2.24, 2.45) is 5.41 Å². The molecule has 0 aliphatic carbocycles. The highest BCUT2D eigenvalue weighted by Crippen LogP contribution is 2.18. The van der Waals surface area contributed by atoms with E-state index in [9.17, 15) is 0 Å². The molecule has 0 radical (unpaired) electrons. The van der Waals surface area contributed by atoms with Gasteiger partial charge >= 0.3 is 0 Å². The van der Waals surface area contributed by atoms with E-state index in [-0.39, 0.29) is 5.41 Å². The summed E-state index contributed by atoms with van der Waals surface area (Å²) in [5, 5.41) is 0. The van der Waals surface area contributed by atoms with E-state index >= 15 is 0 Å². The Labute approximate surface area is 192 Å². The first-order valence-electron chi connectivity index (χ1n) is 11.1. The highest BCUT2D eigenvalue weighted by molar-refractivity contribution is 5.36. The maximum atomic E-state index is 6.09. The molecule has 4 heteroatoms. The Balaban J connectivity index is 1.56. The van der Waals surface area contributed by atoms with Crippen LogP contribution in [0.3, 0.4) is 0 Å². The first-order valence-corrected chi connectivity index (χ1v) is 11.1. The summed E-state index contributed by atoms with van der Waals surface area (Å²) < 4.78 is 8.08. The number of nitrogens with zero attached hydrogens (tertiary/aromatic N) is 3. The van der Waals surface area contributed by atoms with Gasteiger partial charge in [0.05, 0.1) is 6.33 Å². The van der Waals surface area contributed by atoms with Gasteiger partial charge in [0.25, 0.3) is 0 Å². The summed E-state index contributed by atoms with van der Waals surface area (Å²) in [6, 6.07) is 16.7. The second-order valence-electron chi connectivity index (χ2n) is 8.83. The molecule has 4 nitrogen and oxygen atoms in total. The molecule has 2 aromatic carbocycles. The topological polar surface area (TPSA) is 30.3 Å². The number of aromatic nitrogens is 2. The maximum Gasteiger partial charge on any atom is 0.120 e. The van der Waals surface area contributed by atoms with Gasteiger partial charge in [-0.3, -0.25) is 4.90 Å². The SMILES string of the molecule is CCN(CC=CC#CC(C)(C)C)Cc1cccc(OCc2cccc(-n3ccnc3)c2)c1. The normalized spacial score (nSPS) is 11.5. The molecule has 0 unspecified atom stereocenters. The minimum absolute atomic E-state index is 0.0377. The van der Waals surface area contributed by atoms with Crippen molar-refractivity contribution in [2.45, 2.75) is 40.8 Å². The van der Waals surface area contributed by atoms with E-state index in [2.05, 4.69) is 91.9 Å². The lowest BCUT2D eigenvalue weighted by Crippen LogP contribution is -2.22. The van der Waals surface area contributed by atoms with Crippen LogP contribution in [-0.4, -0.2) is 27.5 Å². The van der Waals surface area contributed by atoms with E-state index in [1.54, 1.807) is 12.5 Å². The van der Waals surface area contributed by atoms with Crippen LogP contribution in [0.25, 0.3) is 5.69 Å². The maximum absolute atomic E-state index is 6.09. The number of likely N-dealkylation sites (N-methyl/N-ethyl adjacent to an activating group) is 1. The second kappa shape index (κ2) is 11.4. The van der Waals surface area contributed by atoms with Gasteiger partial charge in [0.1, 0.15) is 12.4 Å². The number of rotatable bonds is 9. The third-order valence-corrected chi connectivity index (χ3v) is 4.88. The molecule has 3 aromatic rings. The average molecular weight is 428 g/mol. The molecule has 0 atom stereocenters. The Bertz CT molecular complexity index is 1070. The Morgan fingerprint density at radius 3 is 2.66 bits per heavy atom. The lowest BCUT2D eigenvalue weighted by atomic mass is 9.98. The van der Waals surface area contributed by atoms with Crippen molar-refractivity contribution in [3.8, 4) is 23.3 Å². The Hall–Kier alpha value is -3.29. The van der Waals surface area contributed by atoms with Crippen molar-refractivity contribution in [1.82, 2.24) is 14.5 Å². The van der Waals surface area contributed by atoms with Crippen molar-refractivity contribution < 1.29 is 4.74 Å². The summed E-state index contributed by atoms with van der Waals surface area (Å²) in [6.07, 6.45) is 9.62. The molecule has 0 aliphatic heterocycles. The minimum Gasteiger partial charge on any atom is -0.489 e. The third-order valence-electron chi connectivity index (χ3n) is 4.88. The summed E-state index contributed by atoms with van der Waals surface area (Å²) >= 11 is 0. The largest absolute Gasteiger partial charge is 0.489 e. The smallest absolute Gasteiger partial charge is 0.120 e. The molecule has 0 spiro atoms. The zero-order valence-electron chi connectivity index (χ0n) is 19.6. The standard InChI is InChI=1S/C28H33N3O/c1-5-30(17-8-6-7-15-28(2,3)4)21-24-11-10-14-27(20-24)32-22-25-12-9-13-26(19-25)31-18-16-29-23-31/h6,8-14,16,18-20,23H,5,17,21-22H2,1-4H3. The van der Waals surface area contributed by atoms with Gasteiger partial charge in [0.2, 0.25) is 0 Å². The summed E-state index contributed by atoms with van der Waals surface area (Å²) in [5.41, 5.74) is 3.48. The van der Waals surface area contributed by atoms with Crippen LogP contribution in [0.4, 0.5) is 0 Å². The molecule has 1 heterocycles. The number of benzene rings is 2. The molecular formula is C28H33N3O. The number of allylic oxidation sites excluding steroid dienone is 1. The molecule has 0 saturated carbocycles. The highest BCUT2D eigenvalue weighted by Gasteiger charge is 2.05. The molecular weight excluding hydrogens is 394 g/mol. The van der Waals surface area contributed by atoms with Gasteiger partial charge in [-0.25, -0.2) is 4.98 Å². The van der Waals surface area contributed by atoms with E-state index in [0.717, 1.165) is 36.6 Å². The number of imidazole rings is 1. The Morgan fingerprint density at radius 2 is 1.91 bits per heavy atom. The van der Waals surface area contributed by atoms with Crippen LogP contribution in [0.1, 0.15) is 38.8 Å². The van der Waals surface area contributed by atoms with E-state index in [1.807, 2.05) is 29.0 Å². The molecule has 1 aromatic heterocycles. The van der Waals surface area contributed by atoms with Crippen molar-refractivity contribution in [2.75, 3.05) is 13.1 Å². The van der Waals surface area contributed by atoms with Crippen LogP contribution in [-0.2, 0) is 13.2 Å². The van der Waals surface area contributed by atoms with E-state index in [4.69, 9.17) is 4.74 Å². The van der Waals surface area contributed by atoms with Crippen molar-refractivity contribution in [3.63, 3.8) is 0 Å². The molecule has 166 valence electrons. The second-order valence-corrected chi connectivity index (χ2v) is 8.83. The third kappa shape index (κ3) is 7.76. The summed E-state index contributed by atoms with van der Waals surface area (Å²) in [5.74, 6) is 7.26. The van der Waals surface area contributed by atoms with Crippen LogP contribution in [0.15, 0.2) is 79.4 Å². The zero-order chi connectivity index (χ0) is 22.8. The van der Waals surface area contributed by atoms with Crippen LogP contribution < -0.4 is 4.74 Å². The lowest BCUT2D eigenvalue weighted by Gasteiger charge is -2.19. The van der Waals surface area contributed by atoms with Crippen LogP contribution in [0.5, 0.6) is 5.75 Å². The van der Waals surface area contributed by atoms with Gasteiger partial charge in [-0.15, -0.1) is 0 Å². The van der Waals surface area contributed by atoms with Gasteiger partial charge in [0.15, 0.2) is 0 Å². The zero-order valence-corrected chi connectivity index (χ0v) is 19.6. The van der Waals surface area contributed by atoms with Gasteiger partial charge in [-0.1, -0.05) is 49.1 Å². The minimum atomic E-state index is 0.0377. The molecule has 0 saturated heterocycles. The van der Waals surface area contributed by atoms with Crippen LogP contribution in [0.2, 0.25) is 0 Å². The van der Waals surface area contributed by atoms with Gasteiger partial charge < -0.3 is 9.30 Å². The average Bonchev–Trinajstić information content (AvgIpc) is 3.31. The summed E-state index contributed by atoms with van der Waals surface area (Å²) in [4.78, 5) is 6.49. The molecule has 0 aliphatic rings. The number of hydrogen-bond acceptors (Lipinski definition) is 3. The molecule has 0 amide bonds. The van der Waals surface area contributed by atoms with Gasteiger partial charge in [-0.2, -0.15) is 0 Å². The first-order chi connectivity index (χ1) is 15.4. The van der Waals surface area contributed by atoms with E-state index in [1.165, 1.54) is 5.56 Å². The van der Waals surface area contributed by atoms with Gasteiger partial charge in [-0.05, 0) is 68.8 Å². The monoisotopic (exact) mass is 427 g/mol. The fraction of sp³-hybridized carbons (Fsp3) is 0.321. The molecule has 0 N–H and O–H groups in total. The lowest BCUT2D eigenvalue weighted by molar-refractivity contribution is 0.299. The fourth-order valence-corrected chi connectivity index (χ4v) is 3.20. The first kappa shape index (κ1) is 23.4. The predicted molar refractivity (Wildman–Crippen MR) is 132 cm³/mol. The molecule has 32 heavy (non-hydrogen) atoms.